The van der Waals surface area contributed by atoms with E-state index in [1.807, 2.05) is 18.2 Å². The van der Waals surface area contributed by atoms with Gasteiger partial charge in [-0.15, -0.1) is 0 Å². The van der Waals surface area contributed by atoms with E-state index >= 15 is 4.39 Å². The van der Waals surface area contributed by atoms with E-state index in [0.29, 0.717) is 30.1 Å². The van der Waals surface area contributed by atoms with E-state index in [0.717, 1.165) is 54.3 Å². The van der Waals surface area contributed by atoms with Crippen LogP contribution in [0.5, 0.6) is 5.75 Å². The zero-order chi connectivity index (χ0) is 25.3. The second-order valence-corrected chi connectivity index (χ2v) is 10.3. The maximum Gasteiger partial charge on any atom is 0.303 e. The number of carboxylic acid groups (broad SMARTS) is 1. The van der Waals surface area contributed by atoms with Crippen LogP contribution < -0.4 is 4.74 Å². The van der Waals surface area contributed by atoms with Crippen LogP contribution in [0.2, 0.25) is 0 Å². The van der Waals surface area contributed by atoms with Gasteiger partial charge in [-0.2, -0.15) is 0 Å². The maximum absolute atomic E-state index is 15.5. The zero-order valence-electron chi connectivity index (χ0n) is 20.6. The molecule has 7 nitrogen and oxygen atoms in total. The van der Waals surface area contributed by atoms with Crippen molar-refractivity contribution in [2.24, 2.45) is 11.8 Å². The average Bonchev–Trinajstić information content (AvgIpc) is 2.91. The molecule has 4 rings (SSSR count). The molecule has 3 heterocycles. The molecular weight excluding hydrogens is 479 g/mol. The van der Waals surface area contributed by atoms with Crippen LogP contribution in [-0.4, -0.2) is 63.4 Å². The first-order chi connectivity index (χ1) is 17.5. The second kappa shape index (κ2) is 13.0. The van der Waals surface area contributed by atoms with Gasteiger partial charge in [-0.25, -0.2) is 14.4 Å². The molecule has 1 saturated heterocycles. The fourth-order valence-electron chi connectivity index (χ4n) is 5.06. The number of hydrogen-bond acceptors (Lipinski definition) is 7. The number of methoxy groups -OCH3 is 1. The highest BCUT2D eigenvalue weighted by atomic mass is 32.2. The number of fused-ring (bicyclic) bond motifs is 1. The monoisotopic (exact) mass is 512 g/mol. The summed E-state index contributed by atoms with van der Waals surface area (Å²) >= 11 is 1.63. The quantitative estimate of drug-likeness (QED) is 0.254. The van der Waals surface area contributed by atoms with E-state index in [9.17, 15) is 9.90 Å². The van der Waals surface area contributed by atoms with Gasteiger partial charge in [0, 0.05) is 49.2 Å². The van der Waals surface area contributed by atoms with Gasteiger partial charge in [0.05, 0.1) is 12.6 Å². The summed E-state index contributed by atoms with van der Waals surface area (Å²) in [6.07, 6.45) is 6.90. The van der Waals surface area contributed by atoms with Crippen molar-refractivity contribution in [2.45, 2.75) is 43.4 Å². The fraction of sp³-hybridized carbons (Fsp3) is 0.481. The predicted molar refractivity (Wildman–Crippen MR) is 139 cm³/mol. The van der Waals surface area contributed by atoms with Crippen LogP contribution in [0.15, 0.2) is 54.1 Å². The molecule has 36 heavy (non-hydrogen) atoms. The summed E-state index contributed by atoms with van der Waals surface area (Å²) < 4.78 is 20.8. The van der Waals surface area contributed by atoms with E-state index in [4.69, 9.17) is 4.74 Å². The minimum atomic E-state index is -1.11. The molecule has 0 amide bonds. The number of likely N-dealkylation sites (tertiary alicyclic amines) is 1. The van der Waals surface area contributed by atoms with Crippen molar-refractivity contribution in [3.8, 4) is 5.75 Å². The lowest BCUT2D eigenvalue weighted by molar-refractivity contribution is -0.137. The first-order valence-corrected chi connectivity index (χ1v) is 13.4. The van der Waals surface area contributed by atoms with Crippen molar-refractivity contribution in [1.82, 2.24) is 19.9 Å². The Kier molecular flexibility index (Phi) is 9.47. The standard InChI is InChI=1S/C27H33FN4O3S/c1-35-21-5-7-25-23(17-21)22(9-13-29-25)24(28)6-3-19-10-14-32(18-20(19)4-8-26(33)34)15-16-36-27-30-11-2-12-31-27/h2,5,7,9,11-13,17,19-20,24H,3-4,6,8,10,14-16,18H2,1H3,(H,33,34)/t19-,20-,24-/m1/s1. The molecule has 1 N–H and O–H groups in total. The fourth-order valence-corrected chi connectivity index (χ4v) is 5.87. The second-order valence-electron chi connectivity index (χ2n) is 9.25. The topological polar surface area (TPSA) is 88.4 Å². The zero-order valence-corrected chi connectivity index (χ0v) is 21.4. The molecule has 0 spiro atoms. The highest BCUT2D eigenvalue weighted by Crippen LogP contribution is 2.36. The van der Waals surface area contributed by atoms with E-state index in [1.54, 1.807) is 49.6 Å². The Hall–Kier alpha value is -2.78. The van der Waals surface area contributed by atoms with Gasteiger partial charge < -0.3 is 14.7 Å². The summed E-state index contributed by atoms with van der Waals surface area (Å²) in [5.41, 5.74) is 1.39. The average molecular weight is 513 g/mol. The van der Waals surface area contributed by atoms with Gasteiger partial charge in [-0.1, -0.05) is 11.8 Å². The summed E-state index contributed by atoms with van der Waals surface area (Å²) in [6, 6.07) is 9.09. The molecule has 0 radical (unpaired) electrons. The molecule has 9 heteroatoms. The van der Waals surface area contributed by atoms with Gasteiger partial charge in [0.15, 0.2) is 5.16 Å². The van der Waals surface area contributed by atoms with Crippen LogP contribution in [0.25, 0.3) is 10.9 Å². The predicted octanol–water partition coefficient (Wildman–Crippen LogP) is 5.42. The van der Waals surface area contributed by atoms with Gasteiger partial charge in [0.2, 0.25) is 0 Å². The Bertz CT molecular complexity index is 1140. The number of carboxylic acids is 1. The van der Waals surface area contributed by atoms with Gasteiger partial charge in [-0.3, -0.25) is 9.78 Å². The van der Waals surface area contributed by atoms with E-state index in [-0.39, 0.29) is 12.3 Å². The lowest BCUT2D eigenvalue weighted by Crippen LogP contribution is -2.41. The summed E-state index contributed by atoms with van der Waals surface area (Å²) in [6.45, 7) is 2.69. The number of benzene rings is 1. The number of rotatable bonds is 12. The van der Waals surface area contributed by atoms with Crippen molar-refractivity contribution in [3.63, 3.8) is 0 Å². The van der Waals surface area contributed by atoms with Crippen LogP contribution in [0, 0.1) is 11.8 Å². The molecule has 1 fully saturated rings. The third-order valence-electron chi connectivity index (χ3n) is 7.00. The van der Waals surface area contributed by atoms with Crippen LogP contribution in [0.3, 0.4) is 0 Å². The Labute approximate surface area is 215 Å². The number of aliphatic carboxylic acids is 1. The normalized spacial score (nSPS) is 19.3. The van der Waals surface area contributed by atoms with Crippen molar-refractivity contribution in [2.75, 3.05) is 32.5 Å². The molecule has 1 aliphatic heterocycles. The number of carbonyl (C=O) groups is 1. The minimum Gasteiger partial charge on any atom is -0.497 e. The largest absolute Gasteiger partial charge is 0.497 e. The van der Waals surface area contributed by atoms with Crippen LogP contribution in [0.1, 0.15) is 43.8 Å². The SMILES string of the molecule is COc1ccc2nccc([C@H](F)CC[C@@H]3CCN(CCSc4ncccn4)C[C@H]3CCC(=O)O)c2c1. The van der Waals surface area contributed by atoms with Crippen LogP contribution in [-0.2, 0) is 4.79 Å². The van der Waals surface area contributed by atoms with Crippen LogP contribution in [0.4, 0.5) is 4.39 Å². The minimum absolute atomic E-state index is 0.148. The maximum atomic E-state index is 15.5. The van der Waals surface area contributed by atoms with Gasteiger partial charge in [0.1, 0.15) is 11.9 Å². The number of ether oxygens (including phenoxy) is 1. The Morgan fingerprint density at radius 3 is 2.81 bits per heavy atom. The molecule has 2 aromatic heterocycles. The summed E-state index contributed by atoms with van der Waals surface area (Å²) in [5.74, 6) is 1.34. The number of aromatic nitrogens is 3. The molecular formula is C27H33FN4O3S. The summed E-state index contributed by atoms with van der Waals surface area (Å²) in [7, 11) is 1.60. The highest BCUT2D eigenvalue weighted by Gasteiger charge is 2.30. The lowest BCUT2D eigenvalue weighted by atomic mass is 9.79. The van der Waals surface area contributed by atoms with Gasteiger partial charge in [-0.05, 0) is 80.0 Å². The third kappa shape index (κ3) is 7.13. The van der Waals surface area contributed by atoms with Crippen molar-refractivity contribution >= 4 is 28.6 Å². The number of piperidine rings is 1. The molecule has 0 saturated carbocycles. The number of alkyl halides is 1. The summed E-state index contributed by atoms with van der Waals surface area (Å²) in [4.78, 5) is 26.5. The molecule has 3 atom stereocenters. The van der Waals surface area contributed by atoms with Crippen molar-refractivity contribution in [3.05, 3.63) is 54.5 Å². The Balaban J connectivity index is 1.35. The van der Waals surface area contributed by atoms with E-state index in [2.05, 4.69) is 19.9 Å². The number of pyridine rings is 1. The summed E-state index contributed by atoms with van der Waals surface area (Å²) in [5, 5.41) is 10.8. The molecule has 0 aliphatic carbocycles. The Morgan fingerprint density at radius 2 is 2.03 bits per heavy atom. The van der Waals surface area contributed by atoms with E-state index in [1.165, 1.54) is 0 Å². The lowest BCUT2D eigenvalue weighted by Gasteiger charge is -2.39. The number of halogens is 1. The number of hydrogen-bond donors (Lipinski definition) is 1. The first kappa shape index (κ1) is 26.3. The first-order valence-electron chi connectivity index (χ1n) is 12.4. The molecule has 0 bridgehead atoms. The van der Waals surface area contributed by atoms with Crippen molar-refractivity contribution < 1.29 is 19.0 Å². The molecule has 1 aromatic carbocycles. The number of thioether (sulfide) groups is 1. The van der Waals surface area contributed by atoms with Gasteiger partial charge >= 0.3 is 5.97 Å². The van der Waals surface area contributed by atoms with E-state index < -0.39 is 12.1 Å². The third-order valence-corrected chi connectivity index (χ3v) is 7.85. The molecule has 3 aromatic rings. The molecule has 192 valence electrons. The molecule has 1 aliphatic rings. The smallest absolute Gasteiger partial charge is 0.303 e. The number of nitrogens with zero attached hydrogens (tertiary/aromatic N) is 4. The highest BCUT2D eigenvalue weighted by molar-refractivity contribution is 7.99. The molecule has 0 unspecified atom stereocenters. The van der Waals surface area contributed by atoms with Gasteiger partial charge in [0.25, 0.3) is 0 Å². The van der Waals surface area contributed by atoms with Crippen LogP contribution >= 0.6 is 11.8 Å². The Morgan fingerprint density at radius 1 is 1.19 bits per heavy atom. The van der Waals surface area contributed by atoms with Crippen molar-refractivity contribution in [1.29, 1.82) is 0 Å².